The molecule has 2 aromatic carbocycles. The van der Waals surface area contributed by atoms with Crippen LogP contribution in [0, 0.1) is 10.1 Å². The summed E-state index contributed by atoms with van der Waals surface area (Å²) in [5.41, 5.74) is 1.50. The Morgan fingerprint density at radius 1 is 1.30 bits per heavy atom. The summed E-state index contributed by atoms with van der Waals surface area (Å²) in [4.78, 5) is 22.8. The Morgan fingerprint density at radius 3 is 2.73 bits per heavy atom. The Hall–Kier alpha value is -3.66. The van der Waals surface area contributed by atoms with E-state index in [4.69, 9.17) is 4.74 Å². The van der Waals surface area contributed by atoms with Gasteiger partial charge in [0.05, 0.1) is 10.7 Å². The second-order valence-electron chi connectivity index (χ2n) is 7.14. The van der Waals surface area contributed by atoms with Crippen molar-refractivity contribution in [3.8, 4) is 5.75 Å². The average Bonchev–Trinajstić information content (AvgIpc) is 3.21. The molecular formula is C23H25N5O4S. The van der Waals surface area contributed by atoms with E-state index in [1.54, 1.807) is 12.1 Å². The molecule has 0 spiro atoms. The van der Waals surface area contributed by atoms with Gasteiger partial charge in [-0.2, -0.15) is 0 Å². The summed E-state index contributed by atoms with van der Waals surface area (Å²) in [6.07, 6.45) is 2.32. The molecule has 0 aliphatic carbocycles. The van der Waals surface area contributed by atoms with Crippen LogP contribution >= 0.6 is 11.8 Å². The first-order valence-electron chi connectivity index (χ1n) is 10.4. The second kappa shape index (κ2) is 11.3. The van der Waals surface area contributed by atoms with Crippen LogP contribution in [-0.2, 0) is 17.8 Å². The summed E-state index contributed by atoms with van der Waals surface area (Å²) < 4.78 is 7.88. The third-order valence-corrected chi connectivity index (χ3v) is 5.71. The van der Waals surface area contributed by atoms with Crippen LogP contribution in [0.15, 0.2) is 66.3 Å². The predicted octanol–water partition coefficient (Wildman–Crippen LogP) is 4.81. The summed E-state index contributed by atoms with van der Waals surface area (Å²) in [6, 6.07) is 13.7. The first kappa shape index (κ1) is 24.0. The van der Waals surface area contributed by atoms with Crippen LogP contribution in [0.1, 0.15) is 31.3 Å². The molecule has 1 atom stereocenters. The minimum Gasteiger partial charge on any atom is -0.483 e. The van der Waals surface area contributed by atoms with Crippen LogP contribution in [-0.4, -0.2) is 31.3 Å². The number of carbonyl (C=O) groups is 1. The van der Waals surface area contributed by atoms with Crippen molar-refractivity contribution >= 4 is 29.0 Å². The Labute approximate surface area is 196 Å². The molecule has 0 bridgehead atoms. The number of non-ortho nitro benzene ring substituents is 1. The van der Waals surface area contributed by atoms with Crippen molar-refractivity contribution in [2.75, 3.05) is 11.1 Å². The highest BCUT2D eigenvalue weighted by atomic mass is 32.2. The van der Waals surface area contributed by atoms with Crippen LogP contribution in [0.4, 0.5) is 11.4 Å². The highest BCUT2D eigenvalue weighted by Gasteiger charge is 2.20. The third kappa shape index (κ3) is 6.42. The van der Waals surface area contributed by atoms with Gasteiger partial charge in [0.25, 0.3) is 5.69 Å². The Balaban J connectivity index is 1.65. The van der Waals surface area contributed by atoms with Crippen molar-refractivity contribution in [2.45, 2.75) is 38.1 Å². The number of thioether (sulfide) groups is 1. The van der Waals surface area contributed by atoms with E-state index in [0.29, 0.717) is 23.2 Å². The molecule has 10 heteroatoms. The molecule has 0 aliphatic rings. The van der Waals surface area contributed by atoms with E-state index in [0.717, 1.165) is 12.2 Å². The number of rotatable bonds is 11. The zero-order chi connectivity index (χ0) is 23.8. The second-order valence-corrected chi connectivity index (χ2v) is 8.08. The van der Waals surface area contributed by atoms with Crippen LogP contribution in [0.5, 0.6) is 5.75 Å². The van der Waals surface area contributed by atoms with Crippen LogP contribution in [0.2, 0.25) is 0 Å². The van der Waals surface area contributed by atoms with E-state index in [9.17, 15) is 14.9 Å². The van der Waals surface area contributed by atoms with Crippen LogP contribution in [0.25, 0.3) is 0 Å². The minimum atomic E-state index is -0.509. The van der Waals surface area contributed by atoms with Gasteiger partial charge in [0, 0.05) is 24.4 Å². The molecule has 1 aromatic heterocycles. The van der Waals surface area contributed by atoms with Crippen molar-refractivity contribution in [1.82, 2.24) is 14.8 Å². The third-order valence-electron chi connectivity index (χ3n) is 4.74. The molecule has 9 nitrogen and oxygen atoms in total. The van der Waals surface area contributed by atoms with Crippen molar-refractivity contribution in [2.24, 2.45) is 0 Å². The number of amides is 1. The van der Waals surface area contributed by atoms with Gasteiger partial charge in [0.1, 0.15) is 5.75 Å². The lowest BCUT2D eigenvalue weighted by molar-refractivity contribution is -0.384. The minimum absolute atomic E-state index is 0.0612. The molecule has 1 heterocycles. The van der Waals surface area contributed by atoms with E-state index in [-0.39, 0.29) is 23.5 Å². The molecule has 1 N–H and O–H groups in total. The van der Waals surface area contributed by atoms with E-state index in [1.165, 1.54) is 35.5 Å². The normalized spacial score (nSPS) is 11.6. The fourth-order valence-corrected chi connectivity index (χ4v) is 3.85. The number of aryl methyl sites for hydroxylation is 1. The van der Waals surface area contributed by atoms with E-state index in [2.05, 4.69) is 29.0 Å². The number of hydrogen-bond donors (Lipinski definition) is 1. The maximum Gasteiger partial charge on any atom is 0.271 e. The lowest BCUT2D eigenvalue weighted by atomic mass is 10.2. The summed E-state index contributed by atoms with van der Waals surface area (Å²) in [6.45, 7) is 8.24. The van der Waals surface area contributed by atoms with Gasteiger partial charge in [0.15, 0.2) is 17.1 Å². The first-order chi connectivity index (χ1) is 15.9. The van der Waals surface area contributed by atoms with Gasteiger partial charge >= 0.3 is 0 Å². The number of anilines is 1. The number of ether oxygens (including phenoxy) is 1. The van der Waals surface area contributed by atoms with Gasteiger partial charge in [-0.15, -0.1) is 16.8 Å². The van der Waals surface area contributed by atoms with Gasteiger partial charge in [-0.1, -0.05) is 43.0 Å². The van der Waals surface area contributed by atoms with Crippen molar-refractivity contribution < 1.29 is 14.5 Å². The fraction of sp³-hybridized carbons (Fsp3) is 0.261. The Kier molecular flexibility index (Phi) is 8.20. The van der Waals surface area contributed by atoms with Gasteiger partial charge in [-0.25, -0.2) is 0 Å². The molecule has 3 rings (SSSR count). The summed E-state index contributed by atoms with van der Waals surface area (Å²) in [5, 5.41) is 22.6. The van der Waals surface area contributed by atoms with E-state index in [1.807, 2.05) is 35.8 Å². The molecule has 172 valence electrons. The standard InChI is InChI=1S/C23H25N5O4S/c1-4-13-27-22(16(3)32-20-11-9-17(5-2)10-12-20)25-26-23(27)33-15-21(29)24-18-7-6-8-19(14-18)28(30)31/h4,6-12,14,16H,1,5,13,15H2,2-3H3,(H,24,29). The predicted molar refractivity (Wildman–Crippen MR) is 128 cm³/mol. The van der Waals surface area contributed by atoms with E-state index < -0.39 is 4.92 Å². The van der Waals surface area contributed by atoms with Crippen molar-refractivity contribution in [3.05, 3.63) is 82.7 Å². The van der Waals surface area contributed by atoms with Gasteiger partial charge in [-0.05, 0) is 37.1 Å². The highest BCUT2D eigenvalue weighted by molar-refractivity contribution is 7.99. The van der Waals surface area contributed by atoms with E-state index >= 15 is 0 Å². The molecule has 0 saturated carbocycles. The largest absolute Gasteiger partial charge is 0.483 e. The number of nitro benzene ring substituents is 1. The SMILES string of the molecule is C=CCn1c(SCC(=O)Nc2cccc([N+](=O)[O-])c2)nnc1C(C)Oc1ccc(CC)cc1. The van der Waals surface area contributed by atoms with Gasteiger partial charge < -0.3 is 10.1 Å². The summed E-state index contributed by atoms with van der Waals surface area (Å²) in [5.74, 6) is 1.11. The number of allylic oxidation sites excluding steroid dienone is 1. The smallest absolute Gasteiger partial charge is 0.271 e. The Morgan fingerprint density at radius 2 is 2.06 bits per heavy atom. The average molecular weight is 468 g/mol. The highest BCUT2D eigenvalue weighted by Crippen LogP contribution is 2.25. The summed E-state index contributed by atoms with van der Waals surface area (Å²) in [7, 11) is 0. The maximum atomic E-state index is 12.4. The molecular weight excluding hydrogens is 442 g/mol. The lowest BCUT2D eigenvalue weighted by Crippen LogP contribution is -2.15. The number of hydrogen-bond acceptors (Lipinski definition) is 7. The molecule has 3 aromatic rings. The zero-order valence-corrected chi connectivity index (χ0v) is 19.2. The van der Waals surface area contributed by atoms with Crippen molar-refractivity contribution in [3.63, 3.8) is 0 Å². The number of carbonyl (C=O) groups excluding carboxylic acids is 1. The molecule has 0 saturated heterocycles. The van der Waals surface area contributed by atoms with Crippen LogP contribution < -0.4 is 10.1 Å². The van der Waals surface area contributed by atoms with Gasteiger partial charge in [-0.3, -0.25) is 19.5 Å². The number of nitrogens with zero attached hydrogens (tertiary/aromatic N) is 4. The number of benzene rings is 2. The number of nitrogens with one attached hydrogen (secondary N) is 1. The van der Waals surface area contributed by atoms with Crippen molar-refractivity contribution in [1.29, 1.82) is 0 Å². The lowest BCUT2D eigenvalue weighted by Gasteiger charge is -2.16. The molecule has 0 aliphatic heterocycles. The number of aromatic nitrogens is 3. The summed E-state index contributed by atoms with van der Waals surface area (Å²) >= 11 is 1.21. The maximum absolute atomic E-state index is 12.4. The number of nitro groups is 1. The molecule has 33 heavy (non-hydrogen) atoms. The quantitative estimate of drug-likeness (QED) is 0.186. The molecule has 1 amide bonds. The first-order valence-corrected chi connectivity index (χ1v) is 11.4. The molecule has 0 radical (unpaired) electrons. The Bertz CT molecular complexity index is 1130. The fourth-order valence-electron chi connectivity index (χ4n) is 3.09. The van der Waals surface area contributed by atoms with Crippen LogP contribution in [0.3, 0.4) is 0 Å². The van der Waals surface area contributed by atoms with Gasteiger partial charge in [0.2, 0.25) is 5.91 Å². The molecule has 0 fully saturated rings. The molecule has 1 unspecified atom stereocenters. The monoisotopic (exact) mass is 467 g/mol. The topological polar surface area (TPSA) is 112 Å². The zero-order valence-electron chi connectivity index (χ0n) is 18.4.